The van der Waals surface area contributed by atoms with Crippen LogP contribution < -0.4 is 0 Å². The molecule has 14 heavy (non-hydrogen) atoms. The molecule has 0 aromatic rings. The first kappa shape index (κ1) is 10.4. The lowest BCUT2D eigenvalue weighted by atomic mass is 9.96. The highest BCUT2D eigenvalue weighted by atomic mass is 16.7. The third-order valence-electron chi connectivity index (χ3n) is 3.23. The molecule has 0 unspecified atom stereocenters. The van der Waals surface area contributed by atoms with E-state index in [0.717, 1.165) is 12.8 Å². The Bertz CT molecular complexity index is 173. The molecule has 0 aromatic heterocycles. The standard InChI is InChI=1S/C11H20O3/c12-8-10-9-13-11(14-10)6-4-2-1-3-5-7-11/h10,12H,1-9H2/t10-/m0/s1. The van der Waals surface area contributed by atoms with Gasteiger partial charge >= 0.3 is 0 Å². The monoisotopic (exact) mass is 200 g/mol. The fraction of sp³-hybridized carbons (Fsp3) is 1.00. The van der Waals surface area contributed by atoms with Crippen molar-refractivity contribution in [3.8, 4) is 0 Å². The first-order valence-electron chi connectivity index (χ1n) is 5.77. The van der Waals surface area contributed by atoms with Crippen LogP contribution in [0.3, 0.4) is 0 Å². The maximum Gasteiger partial charge on any atom is 0.169 e. The average Bonchev–Trinajstić information content (AvgIpc) is 2.57. The molecule has 1 atom stereocenters. The summed E-state index contributed by atoms with van der Waals surface area (Å²) < 4.78 is 11.5. The van der Waals surface area contributed by atoms with Gasteiger partial charge in [0.1, 0.15) is 6.10 Å². The Balaban J connectivity index is 1.92. The zero-order valence-electron chi connectivity index (χ0n) is 8.71. The van der Waals surface area contributed by atoms with E-state index < -0.39 is 0 Å². The molecule has 0 aromatic carbocycles. The van der Waals surface area contributed by atoms with Gasteiger partial charge in [-0.15, -0.1) is 0 Å². The van der Waals surface area contributed by atoms with Crippen LogP contribution in [-0.4, -0.2) is 30.2 Å². The van der Waals surface area contributed by atoms with Crippen molar-refractivity contribution in [3.05, 3.63) is 0 Å². The minimum Gasteiger partial charge on any atom is -0.394 e. The lowest BCUT2D eigenvalue weighted by molar-refractivity contribution is -0.183. The number of ether oxygens (including phenoxy) is 2. The first-order chi connectivity index (χ1) is 6.85. The molecular weight excluding hydrogens is 180 g/mol. The van der Waals surface area contributed by atoms with E-state index in [0.29, 0.717) is 6.61 Å². The summed E-state index contributed by atoms with van der Waals surface area (Å²) in [7, 11) is 0. The summed E-state index contributed by atoms with van der Waals surface area (Å²) in [5, 5.41) is 9.00. The second-order valence-corrected chi connectivity index (χ2v) is 4.41. The van der Waals surface area contributed by atoms with Gasteiger partial charge in [-0.2, -0.15) is 0 Å². The molecule has 2 rings (SSSR count). The Kier molecular flexibility index (Phi) is 3.42. The summed E-state index contributed by atoms with van der Waals surface area (Å²) in [6, 6.07) is 0. The fourth-order valence-corrected chi connectivity index (χ4v) is 2.41. The van der Waals surface area contributed by atoms with Crippen LogP contribution in [0.1, 0.15) is 44.9 Å². The summed E-state index contributed by atoms with van der Waals surface area (Å²) in [6.07, 6.45) is 8.23. The second kappa shape index (κ2) is 4.60. The molecule has 3 heteroatoms. The van der Waals surface area contributed by atoms with Crippen LogP contribution in [0.25, 0.3) is 0 Å². The van der Waals surface area contributed by atoms with E-state index >= 15 is 0 Å². The predicted molar refractivity (Wildman–Crippen MR) is 53.0 cm³/mol. The molecule has 1 heterocycles. The Labute approximate surface area is 85.4 Å². The zero-order valence-corrected chi connectivity index (χ0v) is 8.71. The Morgan fingerprint density at radius 3 is 2.29 bits per heavy atom. The van der Waals surface area contributed by atoms with Gasteiger partial charge in [-0.3, -0.25) is 0 Å². The highest BCUT2D eigenvalue weighted by molar-refractivity contribution is 4.80. The van der Waals surface area contributed by atoms with Crippen LogP contribution in [-0.2, 0) is 9.47 Å². The highest BCUT2D eigenvalue weighted by Crippen LogP contribution is 2.35. The molecule has 1 aliphatic heterocycles. The molecule has 1 saturated carbocycles. The smallest absolute Gasteiger partial charge is 0.169 e. The van der Waals surface area contributed by atoms with Crippen LogP contribution in [0.4, 0.5) is 0 Å². The molecule has 1 saturated heterocycles. The van der Waals surface area contributed by atoms with Gasteiger partial charge in [-0.1, -0.05) is 19.3 Å². The number of hydrogen-bond donors (Lipinski definition) is 1. The van der Waals surface area contributed by atoms with Crippen molar-refractivity contribution >= 4 is 0 Å². The molecule has 1 spiro atoms. The first-order valence-corrected chi connectivity index (χ1v) is 5.77. The van der Waals surface area contributed by atoms with Gasteiger partial charge in [0.05, 0.1) is 13.2 Å². The quantitative estimate of drug-likeness (QED) is 0.702. The van der Waals surface area contributed by atoms with E-state index in [1.165, 1.54) is 32.1 Å². The van der Waals surface area contributed by atoms with Crippen LogP contribution in [0.15, 0.2) is 0 Å². The topological polar surface area (TPSA) is 38.7 Å². The van der Waals surface area contributed by atoms with Gasteiger partial charge < -0.3 is 14.6 Å². The predicted octanol–water partition coefficient (Wildman–Crippen LogP) is 1.83. The Hall–Kier alpha value is -0.120. The minimum absolute atomic E-state index is 0.0851. The second-order valence-electron chi connectivity index (χ2n) is 4.41. The fourth-order valence-electron chi connectivity index (χ4n) is 2.41. The van der Waals surface area contributed by atoms with E-state index in [1.54, 1.807) is 0 Å². The van der Waals surface area contributed by atoms with Crippen molar-refractivity contribution in [2.75, 3.05) is 13.2 Å². The number of aliphatic hydroxyl groups excluding tert-OH is 1. The van der Waals surface area contributed by atoms with Crippen LogP contribution in [0.5, 0.6) is 0 Å². The molecule has 0 radical (unpaired) electrons. The molecule has 0 bridgehead atoms. The van der Waals surface area contributed by atoms with Crippen LogP contribution in [0.2, 0.25) is 0 Å². The maximum atomic E-state index is 9.00. The van der Waals surface area contributed by atoms with E-state index in [1.807, 2.05) is 0 Å². The van der Waals surface area contributed by atoms with Crippen molar-refractivity contribution in [2.45, 2.75) is 56.8 Å². The lowest BCUT2D eigenvalue weighted by Gasteiger charge is -2.29. The molecule has 1 aliphatic carbocycles. The Morgan fingerprint density at radius 2 is 1.71 bits per heavy atom. The summed E-state index contributed by atoms with van der Waals surface area (Å²) in [5.74, 6) is -0.339. The molecule has 2 aliphatic rings. The summed E-state index contributed by atoms with van der Waals surface area (Å²) in [4.78, 5) is 0. The van der Waals surface area contributed by atoms with E-state index in [-0.39, 0.29) is 18.5 Å². The summed E-state index contributed by atoms with van der Waals surface area (Å²) >= 11 is 0. The van der Waals surface area contributed by atoms with Crippen molar-refractivity contribution in [3.63, 3.8) is 0 Å². The third-order valence-corrected chi connectivity index (χ3v) is 3.23. The van der Waals surface area contributed by atoms with Crippen molar-refractivity contribution in [2.24, 2.45) is 0 Å². The SMILES string of the molecule is OC[C@H]1COC2(CCCCCCC2)O1. The maximum absolute atomic E-state index is 9.00. The lowest BCUT2D eigenvalue weighted by Crippen LogP contribution is -2.32. The third kappa shape index (κ3) is 2.27. The van der Waals surface area contributed by atoms with Gasteiger partial charge in [-0.25, -0.2) is 0 Å². The van der Waals surface area contributed by atoms with Gasteiger partial charge in [-0.05, 0) is 12.8 Å². The Morgan fingerprint density at radius 1 is 1.07 bits per heavy atom. The minimum atomic E-state index is -0.339. The van der Waals surface area contributed by atoms with Crippen LogP contribution in [0, 0.1) is 0 Å². The van der Waals surface area contributed by atoms with Gasteiger partial charge in [0.15, 0.2) is 5.79 Å². The molecule has 3 nitrogen and oxygen atoms in total. The largest absolute Gasteiger partial charge is 0.394 e. The number of aliphatic hydroxyl groups is 1. The molecule has 2 fully saturated rings. The van der Waals surface area contributed by atoms with Gasteiger partial charge in [0.25, 0.3) is 0 Å². The van der Waals surface area contributed by atoms with Crippen molar-refractivity contribution < 1.29 is 14.6 Å². The molecular formula is C11H20O3. The van der Waals surface area contributed by atoms with E-state index in [4.69, 9.17) is 14.6 Å². The van der Waals surface area contributed by atoms with Crippen LogP contribution >= 0.6 is 0 Å². The van der Waals surface area contributed by atoms with Crippen molar-refractivity contribution in [1.82, 2.24) is 0 Å². The molecule has 1 N–H and O–H groups in total. The summed E-state index contributed by atoms with van der Waals surface area (Å²) in [5.41, 5.74) is 0. The highest BCUT2D eigenvalue weighted by Gasteiger charge is 2.40. The normalized spacial score (nSPS) is 32.8. The molecule has 0 amide bonds. The zero-order chi connectivity index (χ0) is 9.86. The number of rotatable bonds is 1. The molecule has 82 valence electrons. The summed E-state index contributed by atoms with van der Waals surface area (Å²) in [6.45, 7) is 0.651. The number of hydrogen-bond acceptors (Lipinski definition) is 3. The van der Waals surface area contributed by atoms with E-state index in [9.17, 15) is 0 Å². The van der Waals surface area contributed by atoms with Gasteiger partial charge in [0.2, 0.25) is 0 Å². The van der Waals surface area contributed by atoms with Gasteiger partial charge in [0, 0.05) is 12.8 Å². The van der Waals surface area contributed by atoms with E-state index in [2.05, 4.69) is 0 Å². The average molecular weight is 200 g/mol. The van der Waals surface area contributed by atoms with Crippen molar-refractivity contribution in [1.29, 1.82) is 0 Å².